The predicted octanol–water partition coefficient (Wildman–Crippen LogP) is 3.07. The number of benzene rings is 1. The normalized spacial score (nSPS) is 10.4. The number of anilines is 2. The molecule has 0 bridgehead atoms. The molecule has 106 valence electrons. The Morgan fingerprint density at radius 3 is 2.95 bits per heavy atom. The van der Waals surface area contributed by atoms with Crippen molar-refractivity contribution in [1.29, 1.82) is 0 Å². The third kappa shape index (κ3) is 2.80. The van der Waals surface area contributed by atoms with Crippen LogP contribution in [0.5, 0.6) is 5.75 Å². The highest BCUT2D eigenvalue weighted by atomic mass is 35.5. The summed E-state index contributed by atoms with van der Waals surface area (Å²) < 4.78 is 7.00. The molecule has 0 fully saturated rings. The fourth-order valence-electron chi connectivity index (χ4n) is 1.88. The summed E-state index contributed by atoms with van der Waals surface area (Å²) in [6.07, 6.45) is 6.53. The van der Waals surface area contributed by atoms with E-state index in [4.69, 9.17) is 16.3 Å². The average Bonchev–Trinajstić information content (AvgIpc) is 3.04. The highest BCUT2D eigenvalue weighted by Gasteiger charge is 2.10. The predicted molar refractivity (Wildman–Crippen MR) is 80.4 cm³/mol. The van der Waals surface area contributed by atoms with Gasteiger partial charge in [0.25, 0.3) is 0 Å². The smallest absolute Gasteiger partial charge is 0.152 e. The highest BCUT2D eigenvalue weighted by molar-refractivity contribution is 6.32. The first-order valence-corrected chi connectivity index (χ1v) is 6.56. The van der Waals surface area contributed by atoms with E-state index in [1.54, 1.807) is 18.0 Å². The molecular formula is C14H12ClN5O. The summed E-state index contributed by atoms with van der Waals surface area (Å²) in [5.74, 6) is 1.27. The summed E-state index contributed by atoms with van der Waals surface area (Å²) in [5.41, 5.74) is 1.63. The Balaban J connectivity index is 2.04. The van der Waals surface area contributed by atoms with E-state index in [0.717, 1.165) is 17.1 Å². The second kappa shape index (κ2) is 5.80. The van der Waals surface area contributed by atoms with Crippen molar-refractivity contribution in [2.45, 2.75) is 0 Å². The Morgan fingerprint density at radius 2 is 2.24 bits per heavy atom. The molecule has 0 aliphatic heterocycles. The largest absolute Gasteiger partial charge is 0.497 e. The van der Waals surface area contributed by atoms with E-state index in [0.29, 0.717) is 10.8 Å². The minimum absolute atomic E-state index is 0.444. The van der Waals surface area contributed by atoms with Crippen LogP contribution < -0.4 is 10.1 Å². The summed E-state index contributed by atoms with van der Waals surface area (Å²) in [4.78, 5) is 7.99. The van der Waals surface area contributed by atoms with Gasteiger partial charge in [-0.05, 0) is 18.2 Å². The molecule has 0 unspecified atom stereocenters. The van der Waals surface area contributed by atoms with Gasteiger partial charge in [0.1, 0.15) is 17.1 Å². The van der Waals surface area contributed by atoms with E-state index >= 15 is 0 Å². The van der Waals surface area contributed by atoms with Gasteiger partial charge in [0, 0.05) is 18.5 Å². The van der Waals surface area contributed by atoms with Crippen molar-refractivity contribution in [3.8, 4) is 11.4 Å². The molecule has 1 N–H and O–H groups in total. The number of halogens is 1. The van der Waals surface area contributed by atoms with E-state index < -0.39 is 0 Å². The number of methoxy groups -OCH3 is 1. The molecule has 0 atom stereocenters. The van der Waals surface area contributed by atoms with Crippen molar-refractivity contribution in [2.24, 2.45) is 0 Å². The zero-order valence-electron chi connectivity index (χ0n) is 11.2. The molecule has 6 nitrogen and oxygen atoms in total. The van der Waals surface area contributed by atoms with Crippen molar-refractivity contribution < 1.29 is 4.74 Å². The van der Waals surface area contributed by atoms with Gasteiger partial charge in [-0.25, -0.2) is 14.6 Å². The molecular weight excluding hydrogens is 290 g/mol. The maximum Gasteiger partial charge on any atom is 0.152 e. The number of aromatic nitrogens is 4. The van der Waals surface area contributed by atoms with E-state index in [1.807, 2.05) is 30.5 Å². The standard InChI is InChI=1S/C14H12ClN5O/c1-21-10-3-4-12(13(7-10)20-6-2-5-18-20)19-14-11(15)8-16-9-17-14/h2-9H,1H3,(H,16,17,19). The summed E-state index contributed by atoms with van der Waals surface area (Å²) >= 11 is 6.08. The summed E-state index contributed by atoms with van der Waals surface area (Å²) in [6, 6.07) is 7.46. The van der Waals surface area contributed by atoms with Gasteiger partial charge in [-0.3, -0.25) is 0 Å². The van der Waals surface area contributed by atoms with Crippen molar-refractivity contribution in [2.75, 3.05) is 12.4 Å². The third-order valence-corrected chi connectivity index (χ3v) is 3.15. The van der Waals surface area contributed by atoms with Gasteiger partial charge < -0.3 is 10.1 Å². The summed E-state index contributed by atoms with van der Waals surface area (Å²) in [5, 5.41) is 7.87. The van der Waals surface area contributed by atoms with Crippen LogP contribution in [0.15, 0.2) is 49.2 Å². The second-order valence-electron chi connectivity index (χ2n) is 4.18. The van der Waals surface area contributed by atoms with Crippen LogP contribution >= 0.6 is 11.6 Å². The van der Waals surface area contributed by atoms with Crippen LogP contribution in [-0.4, -0.2) is 26.9 Å². The van der Waals surface area contributed by atoms with E-state index in [-0.39, 0.29) is 0 Å². The van der Waals surface area contributed by atoms with Crippen LogP contribution in [0.2, 0.25) is 5.02 Å². The van der Waals surface area contributed by atoms with Crippen molar-refractivity contribution in [3.05, 3.63) is 54.2 Å². The Bertz CT molecular complexity index is 745. The minimum atomic E-state index is 0.444. The summed E-state index contributed by atoms with van der Waals surface area (Å²) in [7, 11) is 1.62. The third-order valence-electron chi connectivity index (χ3n) is 2.88. The van der Waals surface area contributed by atoms with Crippen LogP contribution in [0.1, 0.15) is 0 Å². The maximum atomic E-state index is 6.08. The molecule has 3 aromatic rings. The number of hydrogen-bond donors (Lipinski definition) is 1. The lowest BCUT2D eigenvalue weighted by Gasteiger charge is -2.13. The monoisotopic (exact) mass is 301 g/mol. The topological polar surface area (TPSA) is 64.9 Å². The molecule has 3 rings (SSSR count). The quantitative estimate of drug-likeness (QED) is 0.802. The number of rotatable bonds is 4. The SMILES string of the molecule is COc1ccc(Nc2ncncc2Cl)c(-n2cccn2)c1. The van der Waals surface area contributed by atoms with Crippen molar-refractivity contribution >= 4 is 23.1 Å². The van der Waals surface area contributed by atoms with Gasteiger partial charge in [-0.2, -0.15) is 5.10 Å². The zero-order valence-corrected chi connectivity index (χ0v) is 11.9. The number of nitrogens with one attached hydrogen (secondary N) is 1. The van der Waals surface area contributed by atoms with Crippen LogP contribution in [-0.2, 0) is 0 Å². The van der Waals surface area contributed by atoms with E-state index in [2.05, 4.69) is 20.4 Å². The average molecular weight is 302 g/mol. The molecule has 0 spiro atoms. The van der Waals surface area contributed by atoms with E-state index in [1.165, 1.54) is 12.5 Å². The molecule has 0 amide bonds. The molecule has 2 aromatic heterocycles. The molecule has 0 radical (unpaired) electrons. The lowest BCUT2D eigenvalue weighted by molar-refractivity contribution is 0.414. The van der Waals surface area contributed by atoms with Gasteiger partial charge in [0.15, 0.2) is 5.82 Å². The molecule has 0 aliphatic carbocycles. The molecule has 7 heteroatoms. The zero-order chi connectivity index (χ0) is 14.7. The molecule has 2 heterocycles. The van der Waals surface area contributed by atoms with Crippen LogP contribution in [0, 0.1) is 0 Å². The molecule has 0 saturated carbocycles. The maximum absolute atomic E-state index is 6.08. The first-order valence-electron chi connectivity index (χ1n) is 6.18. The Hall–Kier alpha value is -2.60. The van der Waals surface area contributed by atoms with E-state index in [9.17, 15) is 0 Å². The van der Waals surface area contributed by atoms with Crippen molar-refractivity contribution in [3.63, 3.8) is 0 Å². The number of hydrogen-bond acceptors (Lipinski definition) is 5. The van der Waals surface area contributed by atoms with Crippen LogP contribution in [0.4, 0.5) is 11.5 Å². The Kier molecular flexibility index (Phi) is 3.70. The lowest BCUT2D eigenvalue weighted by Crippen LogP contribution is -2.03. The Labute approximate surface area is 126 Å². The molecule has 21 heavy (non-hydrogen) atoms. The van der Waals surface area contributed by atoms with Gasteiger partial charge >= 0.3 is 0 Å². The van der Waals surface area contributed by atoms with Crippen LogP contribution in [0.3, 0.4) is 0 Å². The molecule has 0 saturated heterocycles. The van der Waals surface area contributed by atoms with Crippen molar-refractivity contribution in [1.82, 2.24) is 19.7 Å². The van der Waals surface area contributed by atoms with Gasteiger partial charge in [0.2, 0.25) is 0 Å². The molecule has 0 aliphatic rings. The fourth-order valence-corrected chi connectivity index (χ4v) is 2.03. The number of nitrogens with zero attached hydrogens (tertiary/aromatic N) is 4. The second-order valence-corrected chi connectivity index (χ2v) is 4.59. The first kappa shape index (κ1) is 13.4. The molecule has 1 aromatic carbocycles. The fraction of sp³-hybridized carbons (Fsp3) is 0.0714. The number of ether oxygens (including phenoxy) is 1. The minimum Gasteiger partial charge on any atom is -0.497 e. The Morgan fingerprint density at radius 1 is 1.33 bits per heavy atom. The van der Waals surface area contributed by atoms with Crippen LogP contribution in [0.25, 0.3) is 5.69 Å². The summed E-state index contributed by atoms with van der Waals surface area (Å²) in [6.45, 7) is 0. The first-order chi connectivity index (χ1) is 10.3. The lowest BCUT2D eigenvalue weighted by atomic mass is 10.2. The van der Waals surface area contributed by atoms with Gasteiger partial charge in [-0.1, -0.05) is 11.6 Å². The van der Waals surface area contributed by atoms with Gasteiger partial charge in [-0.15, -0.1) is 0 Å². The highest BCUT2D eigenvalue weighted by Crippen LogP contribution is 2.29. The van der Waals surface area contributed by atoms with Gasteiger partial charge in [0.05, 0.1) is 24.7 Å².